The van der Waals surface area contributed by atoms with Crippen LogP contribution in [0.5, 0.6) is 0 Å². The lowest BCUT2D eigenvalue weighted by Gasteiger charge is -2.34. The summed E-state index contributed by atoms with van der Waals surface area (Å²) in [5.74, 6) is 0. The summed E-state index contributed by atoms with van der Waals surface area (Å²) >= 11 is 12.2. The average molecular weight is 355 g/mol. The fourth-order valence-electron chi connectivity index (χ4n) is 2.22. The molecule has 0 saturated heterocycles. The van der Waals surface area contributed by atoms with Gasteiger partial charge in [0.15, 0.2) is 0 Å². The molecule has 120 valence electrons. The minimum absolute atomic E-state index is 0.116. The van der Waals surface area contributed by atoms with Gasteiger partial charge in [0, 0.05) is 22.2 Å². The monoisotopic (exact) mass is 354 g/mol. The second-order valence-electron chi connectivity index (χ2n) is 4.77. The van der Waals surface area contributed by atoms with Gasteiger partial charge in [-0.15, -0.1) is 0 Å². The van der Waals surface area contributed by atoms with Crippen LogP contribution in [0.1, 0.15) is 32.3 Å². The molecule has 0 N–H and O–H groups in total. The maximum Gasteiger partial charge on any atom is 0.264 e. The molecule has 1 unspecified atom stereocenters. The quantitative estimate of drug-likeness (QED) is 0.662. The predicted octanol–water partition coefficient (Wildman–Crippen LogP) is 4.00. The Labute approximate surface area is 136 Å². The largest absolute Gasteiger partial charge is 0.368 e. The van der Waals surface area contributed by atoms with Crippen molar-refractivity contribution in [2.24, 2.45) is 0 Å². The molecule has 1 aromatic carbocycles. The van der Waals surface area contributed by atoms with Crippen LogP contribution in [-0.4, -0.2) is 27.9 Å². The molecule has 0 amide bonds. The number of hydrogen-bond acceptors (Lipinski definition) is 4. The Kier molecular flexibility index (Phi) is 6.94. The SMILES string of the molecule is CCCC(COS(C)(=O)=O)(OCC)c1ccc(Cl)cc1Cl. The lowest BCUT2D eigenvalue weighted by atomic mass is 9.89. The fourth-order valence-corrected chi connectivity index (χ4v) is 3.20. The molecule has 1 atom stereocenters. The normalized spacial score (nSPS) is 14.9. The number of benzene rings is 1. The Hall–Kier alpha value is -0.330. The zero-order chi connectivity index (χ0) is 16.1. The Morgan fingerprint density at radius 2 is 1.90 bits per heavy atom. The van der Waals surface area contributed by atoms with Crippen LogP contribution in [0.4, 0.5) is 0 Å². The minimum Gasteiger partial charge on any atom is -0.368 e. The zero-order valence-electron chi connectivity index (χ0n) is 12.4. The number of halogens is 2. The van der Waals surface area contributed by atoms with E-state index in [0.29, 0.717) is 28.6 Å². The van der Waals surface area contributed by atoms with Crippen molar-refractivity contribution >= 4 is 33.3 Å². The van der Waals surface area contributed by atoms with E-state index in [1.807, 2.05) is 13.8 Å². The lowest BCUT2D eigenvalue weighted by molar-refractivity contribution is -0.0785. The molecule has 4 nitrogen and oxygen atoms in total. The minimum atomic E-state index is -3.57. The molecule has 0 heterocycles. The van der Waals surface area contributed by atoms with E-state index in [4.69, 9.17) is 32.1 Å². The summed E-state index contributed by atoms with van der Waals surface area (Å²) in [7, 11) is -3.57. The van der Waals surface area contributed by atoms with E-state index >= 15 is 0 Å². The van der Waals surface area contributed by atoms with Crippen LogP contribution in [0.3, 0.4) is 0 Å². The van der Waals surface area contributed by atoms with Gasteiger partial charge >= 0.3 is 0 Å². The van der Waals surface area contributed by atoms with Crippen molar-refractivity contribution in [3.05, 3.63) is 33.8 Å². The molecule has 21 heavy (non-hydrogen) atoms. The predicted molar refractivity (Wildman–Crippen MR) is 85.5 cm³/mol. The topological polar surface area (TPSA) is 52.6 Å². The van der Waals surface area contributed by atoms with Crippen molar-refractivity contribution in [3.8, 4) is 0 Å². The molecular formula is C14H20Cl2O4S. The van der Waals surface area contributed by atoms with Gasteiger partial charge in [-0.1, -0.05) is 42.6 Å². The molecule has 0 saturated carbocycles. The summed E-state index contributed by atoms with van der Waals surface area (Å²) in [6, 6.07) is 5.07. The van der Waals surface area contributed by atoms with Gasteiger partial charge in [-0.25, -0.2) is 0 Å². The first-order valence-corrected chi connectivity index (χ1v) is 9.25. The third-order valence-electron chi connectivity index (χ3n) is 3.00. The van der Waals surface area contributed by atoms with Gasteiger partial charge in [-0.3, -0.25) is 4.18 Å². The molecule has 0 aliphatic rings. The van der Waals surface area contributed by atoms with Crippen LogP contribution in [-0.2, 0) is 24.6 Å². The number of ether oxygens (including phenoxy) is 1. The lowest BCUT2D eigenvalue weighted by Crippen LogP contribution is -2.36. The Morgan fingerprint density at radius 1 is 1.24 bits per heavy atom. The van der Waals surface area contributed by atoms with Crippen LogP contribution in [0.2, 0.25) is 10.0 Å². The van der Waals surface area contributed by atoms with Crippen LogP contribution in [0.15, 0.2) is 18.2 Å². The first-order chi connectivity index (χ1) is 9.74. The highest BCUT2D eigenvalue weighted by Gasteiger charge is 2.36. The van der Waals surface area contributed by atoms with Gasteiger partial charge in [0.05, 0.1) is 12.9 Å². The Bertz CT molecular complexity index is 566. The van der Waals surface area contributed by atoms with Crippen molar-refractivity contribution in [1.82, 2.24) is 0 Å². The average Bonchev–Trinajstić information content (AvgIpc) is 2.35. The van der Waals surface area contributed by atoms with E-state index in [9.17, 15) is 8.42 Å². The zero-order valence-corrected chi connectivity index (χ0v) is 14.7. The van der Waals surface area contributed by atoms with Crippen molar-refractivity contribution in [1.29, 1.82) is 0 Å². The molecule has 0 bridgehead atoms. The summed E-state index contributed by atoms with van der Waals surface area (Å²) < 4.78 is 33.5. The first kappa shape index (κ1) is 18.7. The summed E-state index contributed by atoms with van der Waals surface area (Å²) in [6.45, 7) is 4.12. The second kappa shape index (κ2) is 7.79. The van der Waals surface area contributed by atoms with Gasteiger partial charge in [0.1, 0.15) is 5.60 Å². The highest BCUT2D eigenvalue weighted by molar-refractivity contribution is 7.85. The van der Waals surface area contributed by atoms with E-state index in [0.717, 1.165) is 12.7 Å². The van der Waals surface area contributed by atoms with E-state index < -0.39 is 15.7 Å². The Balaban J connectivity index is 3.26. The number of rotatable bonds is 8. The molecular weight excluding hydrogens is 335 g/mol. The maximum atomic E-state index is 11.3. The number of hydrogen-bond donors (Lipinski definition) is 0. The van der Waals surface area contributed by atoms with Gasteiger partial charge in [0.2, 0.25) is 0 Å². The van der Waals surface area contributed by atoms with E-state index in [1.54, 1.807) is 18.2 Å². The Morgan fingerprint density at radius 3 is 2.38 bits per heavy atom. The fraction of sp³-hybridized carbons (Fsp3) is 0.571. The summed E-state index contributed by atoms with van der Waals surface area (Å²) in [4.78, 5) is 0. The smallest absolute Gasteiger partial charge is 0.264 e. The van der Waals surface area contributed by atoms with Crippen LogP contribution < -0.4 is 0 Å². The van der Waals surface area contributed by atoms with Crippen molar-refractivity contribution < 1.29 is 17.3 Å². The van der Waals surface area contributed by atoms with Crippen molar-refractivity contribution in [2.75, 3.05) is 19.5 Å². The molecule has 1 aromatic rings. The second-order valence-corrected chi connectivity index (χ2v) is 7.26. The van der Waals surface area contributed by atoms with E-state index in [-0.39, 0.29) is 6.61 Å². The molecule has 0 radical (unpaired) electrons. The van der Waals surface area contributed by atoms with E-state index in [2.05, 4.69) is 0 Å². The summed E-state index contributed by atoms with van der Waals surface area (Å²) in [6.07, 6.45) is 2.38. The van der Waals surface area contributed by atoms with Crippen molar-refractivity contribution in [2.45, 2.75) is 32.3 Å². The molecule has 7 heteroatoms. The third kappa shape index (κ3) is 5.42. The third-order valence-corrected chi connectivity index (χ3v) is 4.10. The van der Waals surface area contributed by atoms with Gasteiger partial charge in [0.25, 0.3) is 10.1 Å². The standard InChI is InChI=1S/C14H20Cl2O4S/c1-4-8-14(19-5-2,10-20-21(3,17)18)12-7-6-11(15)9-13(12)16/h6-7,9H,4-5,8,10H2,1-3H3. The first-order valence-electron chi connectivity index (χ1n) is 6.68. The molecule has 0 aliphatic heterocycles. The maximum absolute atomic E-state index is 11.3. The summed E-state index contributed by atoms with van der Waals surface area (Å²) in [5.41, 5.74) is -0.227. The summed E-state index contributed by atoms with van der Waals surface area (Å²) in [5, 5.41) is 0.941. The highest BCUT2D eigenvalue weighted by atomic mass is 35.5. The van der Waals surface area contributed by atoms with Crippen LogP contribution in [0, 0.1) is 0 Å². The van der Waals surface area contributed by atoms with E-state index in [1.165, 1.54) is 0 Å². The molecule has 0 aliphatic carbocycles. The van der Waals surface area contributed by atoms with Gasteiger partial charge in [-0.05, 0) is 25.5 Å². The van der Waals surface area contributed by atoms with Gasteiger partial charge < -0.3 is 4.74 Å². The molecule has 0 spiro atoms. The van der Waals surface area contributed by atoms with Crippen molar-refractivity contribution in [3.63, 3.8) is 0 Å². The molecule has 1 rings (SSSR count). The molecule has 0 aromatic heterocycles. The molecule has 0 fully saturated rings. The highest BCUT2D eigenvalue weighted by Crippen LogP contribution is 2.37. The van der Waals surface area contributed by atoms with Gasteiger partial charge in [-0.2, -0.15) is 8.42 Å². The van der Waals surface area contributed by atoms with Crippen LogP contribution >= 0.6 is 23.2 Å². The van der Waals surface area contributed by atoms with Crippen LogP contribution in [0.25, 0.3) is 0 Å².